The van der Waals surface area contributed by atoms with Gasteiger partial charge in [-0.1, -0.05) is 50.9 Å². The molecule has 8 heteroatoms. The summed E-state index contributed by atoms with van der Waals surface area (Å²) >= 11 is 9.15. The van der Waals surface area contributed by atoms with E-state index in [4.69, 9.17) is 25.6 Å². The first kappa shape index (κ1) is 20.4. The number of aryl methyl sites for hydroxylation is 2. The molecule has 1 aliphatic rings. The minimum Gasteiger partial charge on any atom is -0.452 e. The third-order valence-corrected chi connectivity index (χ3v) is 5.37. The monoisotopic (exact) mass is 487 g/mol. The molecule has 4 rings (SSSR count). The van der Waals surface area contributed by atoms with Crippen molar-refractivity contribution in [2.45, 2.75) is 19.8 Å². The molecule has 0 radical (unpaired) electrons. The topological polar surface area (TPSA) is 78.6 Å². The largest absolute Gasteiger partial charge is 0.452 e. The van der Waals surface area contributed by atoms with Gasteiger partial charge in [-0.2, -0.15) is 0 Å². The number of hydrogen-bond donors (Lipinski definition) is 0. The quantitative estimate of drug-likeness (QED) is 0.266. The van der Waals surface area contributed by atoms with E-state index in [1.165, 1.54) is 0 Å². The van der Waals surface area contributed by atoms with Crippen LogP contribution in [0.3, 0.4) is 0 Å². The van der Waals surface area contributed by atoms with E-state index in [2.05, 4.69) is 21.1 Å². The summed E-state index contributed by atoms with van der Waals surface area (Å²) in [5.41, 5.74) is 1.95. The van der Waals surface area contributed by atoms with Gasteiger partial charge in [0.15, 0.2) is 10.9 Å². The number of ether oxygens (including phenoxy) is 2. The molecule has 2 heterocycles. The van der Waals surface area contributed by atoms with Gasteiger partial charge in [-0.15, -0.1) is 0 Å². The fourth-order valence-electron chi connectivity index (χ4n) is 3.08. The van der Waals surface area contributed by atoms with Gasteiger partial charge in [0.1, 0.15) is 17.3 Å². The predicted molar refractivity (Wildman–Crippen MR) is 114 cm³/mol. The third kappa shape index (κ3) is 4.32. The molecule has 0 bridgehead atoms. The summed E-state index contributed by atoms with van der Waals surface area (Å²) in [7, 11) is 0. The van der Waals surface area contributed by atoms with Crippen LogP contribution >= 0.6 is 27.5 Å². The molecule has 0 fully saturated rings. The lowest BCUT2D eigenvalue weighted by Crippen LogP contribution is -2.09. The number of allylic oxidation sites excluding steroid dienone is 1. The van der Waals surface area contributed by atoms with Crippen LogP contribution < -0.4 is 9.47 Å². The zero-order valence-electron chi connectivity index (χ0n) is 15.8. The lowest BCUT2D eigenvalue weighted by molar-refractivity contribution is -0.134. The highest BCUT2D eigenvalue weighted by molar-refractivity contribution is 9.10. The maximum absolute atomic E-state index is 12.8. The summed E-state index contributed by atoms with van der Waals surface area (Å²) in [5.74, 6) is 0.724. The molecular formula is C22H15BrClNO5. The molecule has 152 valence electrons. The van der Waals surface area contributed by atoms with E-state index in [9.17, 15) is 9.59 Å². The highest BCUT2D eigenvalue weighted by Gasteiger charge is 2.30. The maximum Gasteiger partial charge on any atom is 0.311 e. The second-order valence-electron chi connectivity index (χ2n) is 6.66. The van der Waals surface area contributed by atoms with Crippen LogP contribution in [-0.4, -0.2) is 16.9 Å². The highest BCUT2D eigenvalue weighted by atomic mass is 79.9. The fourth-order valence-corrected chi connectivity index (χ4v) is 3.64. The Morgan fingerprint density at radius 2 is 2.07 bits per heavy atom. The Bertz CT molecular complexity index is 1180. The van der Waals surface area contributed by atoms with Crippen molar-refractivity contribution in [1.29, 1.82) is 0 Å². The molecule has 0 spiro atoms. The second kappa shape index (κ2) is 8.45. The van der Waals surface area contributed by atoms with Gasteiger partial charge in [0, 0.05) is 23.0 Å². The van der Waals surface area contributed by atoms with Crippen LogP contribution in [0.25, 0.3) is 6.08 Å². The number of aromatic nitrogens is 1. The molecular weight excluding hydrogens is 474 g/mol. The number of ketones is 1. The number of Topliss-reactive ketones (excluding diaryl/α,β-unsaturated/α-hetero) is 1. The van der Waals surface area contributed by atoms with Crippen LogP contribution in [0.5, 0.6) is 11.5 Å². The number of hydrogen-bond acceptors (Lipinski definition) is 6. The molecule has 6 nitrogen and oxygen atoms in total. The Morgan fingerprint density at radius 1 is 1.27 bits per heavy atom. The van der Waals surface area contributed by atoms with Crippen LogP contribution in [0, 0.1) is 6.92 Å². The Balaban J connectivity index is 1.49. The molecule has 0 aliphatic carbocycles. The van der Waals surface area contributed by atoms with Gasteiger partial charge in [0.25, 0.3) is 0 Å². The van der Waals surface area contributed by atoms with E-state index >= 15 is 0 Å². The zero-order chi connectivity index (χ0) is 21.3. The van der Waals surface area contributed by atoms with Crippen molar-refractivity contribution < 1.29 is 23.6 Å². The third-order valence-electron chi connectivity index (χ3n) is 4.47. The first-order chi connectivity index (χ1) is 14.4. The Hall–Kier alpha value is -2.90. The van der Waals surface area contributed by atoms with Gasteiger partial charge in [0.2, 0.25) is 5.78 Å². The number of rotatable bonds is 5. The van der Waals surface area contributed by atoms with E-state index in [-0.39, 0.29) is 23.1 Å². The average molecular weight is 489 g/mol. The van der Waals surface area contributed by atoms with E-state index in [0.717, 1.165) is 10.0 Å². The number of carbonyl (C=O) groups is 2. The molecule has 1 aliphatic heterocycles. The van der Waals surface area contributed by atoms with Gasteiger partial charge in [-0.05, 0) is 36.3 Å². The number of halogens is 2. The van der Waals surface area contributed by atoms with Crippen LogP contribution in [0.4, 0.5) is 0 Å². The smallest absolute Gasteiger partial charge is 0.311 e. The molecule has 1 aromatic heterocycles. The molecule has 0 saturated carbocycles. The van der Waals surface area contributed by atoms with Gasteiger partial charge >= 0.3 is 5.97 Å². The van der Waals surface area contributed by atoms with Crippen molar-refractivity contribution in [1.82, 2.24) is 5.16 Å². The summed E-state index contributed by atoms with van der Waals surface area (Å²) in [5, 5.41) is 3.80. The van der Waals surface area contributed by atoms with Gasteiger partial charge in [0.05, 0.1) is 12.0 Å². The number of carbonyl (C=O) groups excluding carboxylic acids is 2. The summed E-state index contributed by atoms with van der Waals surface area (Å²) in [6, 6.07) is 12.3. The first-order valence-corrected chi connectivity index (χ1v) is 10.2. The van der Waals surface area contributed by atoms with Gasteiger partial charge < -0.3 is 14.0 Å². The summed E-state index contributed by atoms with van der Waals surface area (Å²) in [4.78, 5) is 25.0. The standard InChI is InChI=1S/C22H15BrClNO5/c1-12-8-15(28-20(26)7-6-14-11-19(24)25-30-14)10-17-21(12)22(27)18(29-17)9-13-4-2-3-5-16(13)23/h2-5,8-11H,6-7H2,1H3/b18-9-. The minimum atomic E-state index is -0.449. The van der Waals surface area contributed by atoms with Crippen LogP contribution in [0.15, 0.2) is 57.2 Å². The second-order valence-corrected chi connectivity index (χ2v) is 7.91. The maximum atomic E-state index is 12.8. The lowest BCUT2D eigenvalue weighted by Gasteiger charge is -2.07. The summed E-state index contributed by atoms with van der Waals surface area (Å²) < 4.78 is 17.0. The number of nitrogens with zero attached hydrogens (tertiary/aromatic N) is 1. The van der Waals surface area contributed by atoms with Crippen molar-refractivity contribution in [3.63, 3.8) is 0 Å². The molecule has 2 aromatic carbocycles. The molecule has 3 aromatic rings. The summed E-state index contributed by atoms with van der Waals surface area (Å²) in [6.45, 7) is 1.77. The molecule has 0 unspecified atom stereocenters. The molecule has 0 atom stereocenters. The Labute approximate surface area is 185 Å². The van der Waals surface area contributed by atoms with E-state index in [1.54, 1.807) is 31.2 Å². The summed E-state index contributed by atoms with van der Waals surface area (Å²) in [6.07, 6.45) is 2.09. The van der Waals surface area contributed by atoms with Gasteiger partial charge in [-0.25, -0.2) is 0 Å². The predicted octanol–water partition coefficient (Wildman–Crippen LogP) is 5.55. The van der Waals surface area contributed by atoms with Crippen LogP contribution in [0.1, 0.15) is 33.7 Å². The van der Waals surface area contributed by atoms with Gasteiger partial charge in [-0.3, -0.25) is 9.59 Å². The molecule has 0 amide bonds. The normalized spacial score (nSPS) is 14.0. The van der Waals surface area contributed by atoms with Crippen LogP contribution in [-0.2, 0) is 11.2 Å². The van der Waals surface area contributed by atoms with Crippen molar-refractivity contribution in [2.75, 3.05) is 0 Å². The molecule has 30 heavy (non-hydrogen) atoms. The number of esters is 1. The van der Waals surface area contributed by atoms with E-state index in [1.807, 2.05) is 24.3 Å². The van der Waals surface area contributed by atoms with Crippen molar-refractivity contribution in [3.8, 4) is 11.5 Å². The first-order valence-electron chi connectivity index (χ1n) is 9.06. The number of fused-ring (bicyclic) bond motifs is 1. The van der Waals surface area contributed by atoms with E-state index in [0.29, 0.717) is 34.8 Å². The number of benzene rings is 2. The van der Waals surface area contributed by atoms with Crippen LogP contribution in [0.2, 0.25) is 5.15 Å². The van der Waals surface area contributed by atoms with Crippen molar-refractivity contribution >= 4 is 45.4 Å². The molecule has 0 saturated heterocycles. The molecule has 0 N–H and O–H groups in total. The lowest BCUT2D eigenvalue weighted by atomic mass is 10.0. The zero-order valence-corrected chi connectivity index (χ0v) is 18.1. The minimum absolute atomic E-state index is 0.0919. The fraction of sp³-hybridized carbons (Fsp3) is 0.136. The Kier molecular flexibility index (Phi) is 5.74. The average Bonchev–Trinajstić information content (AvgIpc) is 3.25. The SMILES string of the molecule is Cc1cc(OC(=O)CCc2cc(Cl)no2)cc2c1C(=O)/C(=C/c1ccccc1Br)O2. The van der Waals surface area contributed by atoms with Crippen molar-refractivity contribution in [3.05, 3.63) is 80.3 Å². The Morgan fingerprint density at radius 3 is 2.80 bits per heavy atom. The van der Waals surface area contributed by atoms with E-state index < -0.39 is 5.97 Å². The highest BCUT2D eigenvalue weighted by Crippen LogP contribution is 2.38. The van der Waals surface area contributed by atoms with Crippen molar-refractivity contribution in [2.24, 2.45) is 0 Å².